The Bertz CT molecular complexity index is 1080. The van der Waals surface area contributed by atoms with Crippen LogP contribution in [-0.2, 0) is 11.2 Å². The molecule has 176 valence electrons. The summed E-state index contributed by atoms with van der Waals surface area (Å²) >= 11 is 7.10. The van der Waals surface area contributed by atoms with E-state index in [9.17, 15) is 4.79 Å². The SMILES string of the molecule is COc1cccc(-c2cc(CCCN)c(/C=C3\SC(=S)N(C4CC5CCC4C5)C3=O)[nH]2)c1.Cl. The van der Waals surface area contributed by atoms with E-state index in [0.717, 1.165) is 47.9 Å². The molecular weight excluding hydrogens is 474 g/mol. The van der Waals surface area contributed by atoms with Gasteiger partial charge in [0.1, 0.15) is 10.1 Å². The lowest BCUT2D eigenvalue weighted by molar-refractivity contribution is -0.124. The highest BCUT2D eigenvalue weighted by atomic mass is 35.5. The first-order chi connectivity index (χ1) is 15.6. The molecule has 1 aliphatic heterocycles. The number of rotatable bonds is 7. The van der Waals surface area contributed by atoms with E-state index in [4.69, 9.17) is 22.7 Å². The van der Waals surface area contributed by atoms with E-state index in [1.54, 1.807) is 7.11 Å². The molecule has 0 spiro atoms. The second kappa shape index (κ2) is 10.2. The quantitative estimate of drug-likeness (QED) is 0.391. The molecule has 5 nitrogen and oxygen atoms in total. The zero-order chi connectivity index (χ0) is 22.2. The van der Waals surface area contributed by atoms with Crippen molar-refractivity contribution in [1.82, 2.24) is 9.88 Å². The van der Waals surface area contributed by atoms with Gasteiger partial charge >= 0.3 is 0 Å². The van der Waals surface area contributed by atoms with E-state index in [2.05, 4.69) is 17.1 Å². The number of aryl methyl sites for hydroxylation is 1. The maximum Gasteiger partial charge on any atom is 0.266 e. The van der Waals surface area contributed by atoms with E-state index in [-0.39, 0.29) is 18.3 Å². The van der Waals surface area contributed by atoms with Gasteiger partial charge in [-0.25, -0.2) is 0 Å². The number of H-pyrrole nitrogens is 1. The number of hydrogen-bond acceptors (Lipinski definition) is 5. The third-order valence-electron chi connectivity index (χ3n) is 7.10. The summed E-state index contributed by atoms with van der Waals surface area (Å²) in [4.78, 5) is 19.5. The minimum Gasteiger partial charge on any atom is -0.497 e. The number of aromatic nitrogens is 1. The van der Waals surface area contributed by atoms with E-state index in [1.807, 2.05) is 29.2 Å². The molecule has 1 amide bonds. The molecule has 3 unspecified atom stereocenters. The molecule has 33 heavy (non-hydrogen) atoms. The number of amides is 1. The van der Waals surface area contributed by atoms with Crippen LogP contribution in [0.5, 0.6) is 5.75 Å². The number of thioether (sulfide) groups is 1. The largest absolute Gasteiger partial charge is 0.497 e. The predicted octanol–water partition coefficient (Wildman–Crippen LogP) is 5.39. The van der Waals surface area contributed by atoms with E-state index >= 15 is 0 Å². The van der Waals surface area contributed by atoms with Crippen molar-refractivity contribution < 1.29 is 9.53 Å². The van der Waals surface area contributed by atoms with Gasteiger partial charge in [0.2, 0.25) is 0 Å². The normalized spacial score (nSPS) is 25.2. The van der Waals surface area contributed by atoms with Gasteiger partial charge in [-0.15, -0.1) is 12.4 Å². The lowest BCUT2D eigenvalue weighted by Crippen LogP contribution is -2.41. The molecular formula is C25H30ClN3O2S2. The number of halogens is 1. The smallest absolute Gasteiger partial charge is 0.266 e. The fraction of sp³-hybridized carbons (Fsp3) is 0.440. The number of nitrogens with two attached hydrogens (primary N) is 1. The number of fused-ring (bicyclic) bond motifs is 2. The first-order valence-electron chi connectivity index (χ1n) is 11.4. The van der Waals surface area contributed by atoms with E-state index < -0.39 is 0 Å². The first-order valence-corrected chi connectivity index (χ1v) is 12.6. The second-order valence-corrected chi connectivity index (χ2v) is 10.7. The van der Waals surface area contributed by atoms with Gasteiger partial charge in [0.25, 0.3) is 5.91 Å². The third kappa shape index (κ3) is 4.74. The molecule has 5 rings (SSSR count). The molecule has 8 heteroatoms. The van der Waals surface area contributed by atoms with Gasteiger partial charge in [0, 0.05) is 23.0 Å². The van der Waals surface area contributed by atoms with Crippen LogP contribution in [0, 0.1) is 11.8 Å². The lowest BCUT2D eigenvalue weighted by atomic mass is 9.94. The lowest BCUT2D eigenvalue weighted by Gasteiger charge is -2.30. The van der Waals surface area contributed by atoms with Crippen molar-refractivity contribution >= 4 is 52.7 Å². The van der Waals surface area contributed by atoms with Crippen LogP contribution in [0.15, 0.2) is 35.2 Å². The van der Waals surface area contributed by atoms with Crippen molar-refractivity contribution in [2.24, 2.45) is 17.6 Å². The molecule has 3 N–H and O–H groups in total. The monoisotopic (exact) mass is 503 g/mol. The van der Waals surface area contributed by atoms with Crippen molar-refractivity contribution in [3.8, 4) is 17.0 Å². The van der Waals surface area contributed by atoms with E-state index in [1.165, 1.54) is 36.6 Å². The molecule has 0 radical (unpaired) electrons. The number of methoxy groups -OCH3 is 1. The molecule has 1 saturated heterocycles. The average molecular weight is 504 g/mol. The van der Waals surface area contributed by atoms with Crippen LogP contribution in [0.3, 0.4) is 0 Å². The number of nitrogens with one attached hydrogen (secondary N) is 1. The minimum atomic E-state index is 0. The van der Waals surface area contributed by atoms with Crippen molar-refractivity contribution in [3.05, 3.63) is 46.5 Å². The standard InChI is InChI=1S/C25H29N3O2S2.ClH/c1-30-19-6-2-4-16(12-19)20-13-17(5-3-9-26)21(27-20)14-23-24(29)28(25(31)32-23)22-11-15-7-8-18(22)10-15;/h2,4,6,12-15,18,22,27H,3,5,7-11,26H2,1H3;1H/b23-14-;. The number of thiocarbonyl (C=S) groups is 1. The predicted molar refractivity (Wildman–Crippen MR) is 142 cm³/mol. The number of benzene rings is 1. The van der Waals surface area contributed by atoms with Crippen LogP contribution in [-0.4, -0.2) is 39.8 Å². The van der Waals surface area contributed by atoms with Crippen LogP contribution in [0.1, 0.15) is 43.4 Å². The van der Waals surface area contributed by atoms with Crippen LogP contribution < -0.4 is 10.5 Å². The third-order valence-corrected chi connectivity index (χ3v) is 8.43. The van der Waals surface area contributed by atoms with Gasteiger partial charge in [-0.3, -0.25) is 9.69 Å². The van der Waals surface area contributed by atoms with Gasteiger partial charge in [-0.1, -0.05) is 42.5 Å². The summed E-state index contributed by atoms with van der Waals surface area (Å²) in [6, 6.07) is 10.4. The van der Waals surface area contributed by atoms with Crippen molar-refractivity contribution in [2.45, 2.75) is 44.6 Å². The van der Waals surface area contributed by atoms with Crippen LogP contribution in [0.2, 0.25) is 0 Å². The minimum absolute atomic E-state index is 0. The molecule has 2 aliphatic carbocycles. The number of carbonyl (C=O) groups excluding carboxylic acids is 1. The topological polar surface area (TPSA) is 71.3 Å². The summed E-state index contributed by atoms with van der Waals surface area (Å²) in [5.41, 5.74) is 9.96. The number of hydrogen-bond donors (Lipinski definition) is 2. The second-order valence-electron chi connectivity index (χ2n) is 9.04. The first kappa shape index (κ1) is 24.3. The maximum atomic E-state index is 13.4. The molecule has 2 saturated carbocycles. The highest BCUT2D eigenvalue weighted by Crippen LogP contribution is 2.49. The van der Waals surface area contributed by atoms with Crippen LogP contribution in [0.25, 0.3) is 17.3 Å². The summed E-state index contributed by atoms with van der Waals surface area (Å²) in [5, 5.41) is 0. The van der Waals surface area contributed by atoms with Gasteiger partial charge in [0.15, 0.2) is 0 Å². The molecule has 2 aromatic rings. The summed E-state index contributed by atoms with van der Waals surface area (Å²) in [5.74, 6) is 2.27. The average Bonchev–Trinajstić information content (AvgIpc) is 3.57. The Morgan fingerprint density at radius 1 is 1.30 bits per heavy atom. The Morgan fingerprint density at radius 2 is 2.15 bits per heavy atom. The van der Waals surface area contributed by atoms with Gasteiger partial charge in [-0.05, 0) is 80.3 Å². The Labute approximate surface area is 210 Å². The summed E-state index contributed by atoms with van der Waals surface area (Å²) < 4.78 is 6.09. The summed E-state index contributed by atoms with van der Waals surface area (Å²) in [6.07, 6.45) is 8.64. The van der Waals surface area contributed by atoms with Gasteiger partial charge < -0.3 is 15.5 Å². The highest BCUT2D eigenvalue weighted by Gasteiger charge is 2.48. The molecule has 2 heterocycles. The van der Waals surface area contributed by atoms with Gasteiger partial charge in [0.05, 0.1) is 12.0 Å². The van der Waals surface area contributed by atoms with Crippen molar-refractivity contribution in [3.63, 3.8) is 0 Å². The Kier molecular flexibility index (Phi) is 7.53. The van der Waals surface area contributed by atoms with Crippen LogP contribution in [0.4, 0.5) is 0 Å². The Hall–Kier alpha value is -1.80. The van der Waals surface area contributed by atoms with E-state index in [0.29, 0.717) is 27.7 Å². The molecule has 2 bridgehead atoms. The molecule has 1 aromatic heterocycles. The summed E-state index contributed by atoms with van der Waals surface area (Å²) in [6.45, 7) is 0.630. The Balaban J connectivity index is 0.00000259. The number of nitrogens with zero attached hydrogens (tertiary/aromatic N) is 1. The highest BCUT2D eigenvalue weighted by molar-refractivity contribution is 8.26. The molecule has 3 aliphatic rings. The Morgan fingerprint density at radius 3 is 2.85 bits per heavy atom. The molecule has 3 fully saturated rings. The maximum absolute atomic E-state index is 13.4. The fourth-order valence-corrected chi connectivity index (χ4v) is 6.87. The van der Waals surface area contributed by atoms with Crippen LogP contribution >= 0.6 is 36.4 Å². The number of carbonyl (C=O) groups is 1. The number of ether oxygens (including phenoxy) is 1. The summed E-state index contributed by atoms with van der Waals surface area (Å²) in [7, 11) is 1.67. The fourth-order valence-electron chi connectivity index (χ4n) is 5.51. The zero-order valence-corrected chi connectivity index (χ0v) is 21.2. The number of aromatic amines is 1. The van der Waals surface area contributed by atoms with Gasteiger partial charge in [-0.2, -0.15) is 0 Å². The zero-order valence-electron chi connectivity index (χ0n) is 18.7. The van der Waals surface area contributed by atoms with Crippen molar-refractivity contribution in [1.29, 1.82) is 0 Å². The molecule has 1 aromatic carbocycles. The molecule has 3 atom stereocenters. The van der Waals surface area contributed by atoms with Crippen molar-refractivity contribution in [2.75, 3.05) is 13.7 Å².